The molecule has 4 atom stereocenters. The number of rotatable bonds is 2. The van der Waals surface area contributed by atoms with Crippen LogP contribution in [0.5, 0.6) is 0 Å². The number of Topliss-reactive ketones (excluding diaryl/α,β-unsaturated/α-hetero) is 1. The Balaban J connectivity index is 2.27. The summed E-state index contributed by atoms with van der Waals surface area (Å²) >= 11 is 0. The van der Waals surface area contributed by atoms with Crippen molar-refractivity contribution in [3.8, 4) is 0 Å². The third-order valence-electron chi connectivity index (χ3n) is 3.57. The van der Waals surface area contributed by atoms with Crippen LogP contribution in [0.4, 0.5) is 4.79 Å². The van der Waals surface area contributed by atoms with Gasteiger partial charge < -0.3 is 14.3 Å². The number of hydrogen-bond donors (Lipinski definition) is 1. The molecule has 7 heteroatoms. The average Bonchev–Trinajstić information content (AvgIpc) is 2.46. The van der Waals surface area contributed by atoms with E-state index in [1.165, 1.54) is 12.0 Å². The zero-order chi connectivity index (χ0) is 14.4. The first-order chi connectivity index (χ1) is 8.74. The Morgan fingerprint density at radius 1 is 1.32 bits per heavy atom. The number of carbonyl (C=O) groups is 2. The molecule has 2 bridgehead atoms. The Labute approximate surface area is 113 Å². The van der Waals surface area contributed by atoms with E-state index in [9.17, 15) is 14.7 Å². The first kappa shape index (κ1) is 14.5. The fourth-order valence-electron chi connectivity index (χ4n) is 2.93. The molecule has 0 unspecified atom stereocenters. The second kappa shape index (κ2) is 4.88. The molecular formula is C12H21NO5Si. The van der Waals surface area contributed by atoms with Crippen LogP contribution in [-0.4, -0.2) is 61.6 Å². The molecule has 108 valence electrons. The molecule has 19 heavy (non-hydrogen) atoms. The van der Waals surface area contributed by atoms with E-state index in [4.69, 9.17) is 9.16 Å². The summed E-state index contributed by atoms with van der Waals surface area (Å²) in [4.78, 5) is 25.0. The Morgan fingerprint density at radius 3 is 2.42 bits per heavy atom. The maximum absolute atomic E-state index is 11.8. The van der Waals surface area contributed by atoms with Gasteiger partial charge in [0.1, 0.15) is 11.9 Å². The van der Waals surface area contributed by atoms with E-state index in [1.807, 2.05) is 19.6 Å². The van der Waals surface area contributed by atoms with Gasteiger partial charge in [-0.15, -0.1) is 0 Å². The molecule has 2 heterocycles. The fraction of sp³-hybridized carbons (Fsp3) is 0.833. The number of methoxy groups -OCH3 is 1. The van der Waals surface area contributed by atoms with E-state index in [2.05, 4.69) is 0 Å². The molecule has 2 aliphatic heterocycles. The van der Waals surface area contributed by atoms with Gasteiger partial charge in [-0.05, 0) is 19.6 Å². The number of ether oxygens (including phenoxy) is 1. The number of piperidine rings is 1. The summed E-state index contributed by atoms with van der Waals surface area (Å²) in [6.45, 7) is 6.06. The highest BCUT2D eigenvalue weighted by atomic mass is 28.4. The summed E-state index contributed by atoms with van der Waals surface area (Å²) in [6.07, 6.45) is -1.39. The molecule has 0 saturated carbocycles. The van der Waals surface area contributed by atoms with Gasteiger partial charge in [0, 0.05) is 12.8 Å². The Bertz CT molecular complexity index is 394. The van der Waals surface area contributed by atoms with E-state index in [0.29, 0.717) is 0 Å². The molecule has 1 N–H and O–H groups in total. The highest BCUT2D eigenvalue weighted by Gasteiger charge is 2.56. The molecule has 6 nitrogen and oxygen atoms in total. The highest BCUT2D eigenvalue weighted by Crippen LogP contribution is 2.37. The molecule has 2 rings (SSSR count). The van der Waals surface area contributed by atoms with Crippen molar-refractivity contribution in [3.63, 3.8) is 0 Å². The third kappa shape index (κ3) is 2.68. The Hall–Kier alpha value is -0.923. The monoisotopic (exact) mass is 287 g/mol. The predicted molar refractivity (Wildman–Crippen MR) is 70.3 cm³/mol. The van der Waals surface area contributed by atoms with Gasteiger partial charge in [0.2, 0.25) is 0 Å². The van der Waals surface area contributed by atoms with Crippen LogP contribution in [0.3, 0.4) is 0 Å². The quantitative estimate of drug-likeness (QED) is 0.758. The zero-order valence-corrected chi connectivity index (χ0v) is 12.8. The van der Waals surface area contributed by atoms with Crippen LogP contribution in [0.15, 0.2) is 0 Å². The average molecular weight is 287 g/mol. The fourth-order valence-corrected chi connectivity index (χ4v) is 4.04. The lowest BCUT2D eigenvalue weighted by atomic mass is 10.0. The molecule has 2 aliphatic rings. The van der Waals surface area contributed by atoms with Crippen molar-refractivity contribution in [1.29, 1.82) is 0 Å². The molecule has 0 aromatic rings. The van der Waals surface area contributed by atoms with E-state index < -0.39 is 38.7 Å². The predicted octanol–water partition coefficient (Wildman–Crippen LogP) is 0.749. The van der Waals surface area contributed by atoms with Gasteiger partial charge in [0.15, 0.2) is 8.32 Å². The van der Waals surface area contributed by atoms with Crippen molar-refractivity contribution in [3.05, 3.63) is 0 Å². The minimum absolute atomic E-state index is 0.0656. The second-order valence-corrected chi connectivity index (χ2v) is 10.6. The number of amides is 1. The molecule has 0 spiro atoms. The lowest BCUT2D eigenvalue weighted by molar-refractivity contribution is -0.123. The molecule has 2 saturated heterocycles. The summed E-state index contributed by atoms with van der Waals surface area (Å²) in [7, 11) is -0.566. The molecule has 0 aliphatic carbocycles. The molecular weight excluding hydrogens is 266 g/mol. The zero-order valence-electron chi connectivity index (χ0n) is 11.8. The van der Waals surface area contributed by atoms with E-state index >= 15 is 0 Å². The third-order valence-corrected chi connectivity index (χ3v) is 4.55. The highest BCUT2D eigenvalue weighted by molar-refractivity contribution is 6.69. The van der Waals surface area contributed by atoms with Crippen molar-refractivity contribution in [1.82, 2.24) is 4.90 Å². The summed E-state index contributed by atoms with van der Waals surface area (Å²) in [5.41, 5.74) is 0. The van der Waals surface area contributed by atoms with Crippen molar-refractivity contribution < 1.29 is 23.9 Å². The van der Waals surface area contributed by atoms with Gasteiger partial charge >= 0.3 is 6.09 Å². The SMILES string of the molecule is COC(=O)N1[C@@H]2CC(=O)C[C@H]1[C@H](O[Si](C)(C)C)[C@@H]2O. The van der Waals surface area contributed by atoms with Crippen molar-refractivity contribution >= 4 is 20.2 Å². The lowest BCUT2D eigenvalue weighted by Crippen LogP contribution is -2.50. The normalized spacial score (nSPS) is 34.6. The van der Waals surface area contributed by atoms with Gasteiger partial charge in [0.25, 0.3) is 0 Å². The number of nitrogens with zero attached hydrogens (tertiary/aromatic N) is 1. The Morgan fingerprint density at radius 2 is 1.89 bits per heavy atom. The smallest absolute Gasteiger partial charge is 0.410 e. The van der Waals surface area contributed by atoms with Gasteiger partial charge in [-0.25, -0.2) is 4.79 Å². The van der Waals surface area contributed by atoms with E-state index in [0.717, 1.165) is 0 Å². The van der Waals surface area contributed by atoms with Crippen LogP contribution in [-0.2, 0) is 14.0 Å². The molecule has 2 fully saturated rings. The summed E-state index contributed by atoms with van der Waals surface area (Å²) in [5.74, 6) is 0.0656. The second-order valence-electron chi connectivity index (χ2n) is 6.14. The maximum Gasteiger partial charge on any atom is 0.410 e. The van der Waals surface area contributed by atoms with Crippen molar-refractivity contribution in [2.24, 2.45) is 0 Å². The van der Waals surface area contributed by atoms with Crippen LogP contribution in [0, 0.1) is 0 Å². The van der Waals surface area contributed by atoms with Crippen LogP contribution in [0.2, 0.25) is 19.6 Å². The van der Waals surface area contributed by atoms with Gasteiger partial charge in [-0.1, -0.05) is 0 Å². The van der Waals surface area contributed by atoms with Gasteiger partial charge in [-0.2, -0.15) is 0 Å². The van der Waals surface area contributed by atoms with Crippen LogP contribution in [0.1, 0.15) is 12.8 Å². The Kier molecular flexibility index (Phi) is 3.72. The molecule has 0 aromatic heterocycles. The first-order valence-corrected chi connectivity index (χ1v) is 9.89. The summed E-state index contributed by atoms with van der Waals surface area (Å²) in [6, 6.07) is -0.916. The van der Waals surface area contributed by atoms with Gasteiger partial charge in [0.05, 0.1) is 25.3 Å². The minimum Gasteiger partial charge on any atom is -0.453 e. The molecule has 0 aromatic carbocycles. The van der Waals surface area contributed by atoms with E-state index in [-0.39, 0.29) is 18.6 Å². The standard InChI is InChI=1S/C12H21NO5Si/c1-17-12(16)13-8-5-7(14)6-9(13)11(10(8)15)18-19(2,3)4/h8-11,15H,5-6H2,1-4H3/t8-,9+,10-,11+/m1/s1. The van der Waals surface area contributed by atoms with Crippen LogP contribution < -0.4 is 0 Å². The number of aliphatic hydroxyl groups is 1. The van der Waals surface area contributed by atoms with Crippen LogP contribution >= 0.6 is 0 Å². The van der Waals surface area contributed by atoms with Crippen molar-refractivity contribution in [2.75, 3.05) is 7.11 Å². The molecule has 0 radical (unpaired) electrons. The number of hydrogen-bond acceptors (Lipinski definition) is 5. The maximum atomic E-state index is 11.8. The lowest BCUT2D eigenvalue weighted by Gasteiger charge is -2.34. The number of ketones is 1. The number of carbonyl (C=O) groups excluding carboxylic acids is 2. The summed E-state index contributed by atoms with van der Waals surface area (Å²) in [5, 5.41) is 10.4. The first-order valence-electron chi connectivity index (χ1n) is 6.48. The number of aliphatic hydroxyl groups excluding tert-OH is 1. The van der Waals surface area contributed by atoms with E-state index in [1.54, 1.807) is 0 Å². The topological polar surface area (TPSA) is 76.1 Å². The number of fused-ring (bicyclic) bond motifs is 2. The molecule has 1 amide bonds. The van der Waals surface area contributed by atoms with Gasteiger partial charge in [-0.3, -0.25) is 9.69 Å². The van der Waals surface area contributed by atoms with Crippen molar-refractivity contribution in [2.45, 2.75) is 56.8 Å². The van der Waals surface area contributed by atoms with Crippen LogP contribution in [0.25, 0.3) is 0 Å². The largest absolute Gasteiger partial charge is 0.453 e. The minimum atomic E-state index is -1.87. The summed E-state index contributed by atoms with van der Waals surface area (Å²) < 4.78 is 10.7.